The van der Waals surface area contributed by atoms with Gasteiger partial charge in [-0.15, -0.1) is 0 Å². The first-order valence-corrected chi connectivity index (χ1v) is 8.89. The number of hydrogen-bond donors (Lipinski definition) is 1. The monoisotopic (exact) mass is 348 g/mol. The molecule has 4 nitrogen and oxygen atoms in total. The van der Waals surface area contributed by atoms with E-state index < -0.39 is 5.41 Å². The third-order valence-electron chi connectivity index (χ3n) is 4.52. The van der Waals surface area contributed by atoms with Crippen LogP contribution in [0.2, 0.25) is 0 Å². The number of aromatic nitrogens is 1. The summed E-state index contributed by atoms with van der Waals surface area (Å²) in [6.45, 7) is 4.99. The summed E-state index contributed by atoms with van der Waals surface area (Å²) in [4.78, 5) is 16.9. The number of carbonyl (C=O) groups is 1. The largest absolute Gasteiger partial charge is 0.491 e. The van der Waals surface area contributed by atoms with Crippen molar-refractivity contribution in [2.24, 2.45) is 0 Å². The number of amides is 1. The minimum atomic E-state index is -0.554. The highest BCUT2D eigenvalue weighted by atomic mass is 16.5. The highest BCUT2D eigenvalue weighted by Crippen LogP contribution is 2.24. The number of pyridine rings is 1. The summed E-state index contributed by atoms with van der Waals surface area (Å²) in [6.07, 6.45) is 2.50. The number of nitrogens with zero attached hydrogens (tertiary/aromatic N) is 1. The average molecular weight is 348 g/mol. The van der Waals surface area contributed by atoms with E-state index in [-0.39, 0.29) is 5.91 Å². The molecule has 0 unspecified atom stereocenters. The predicted octanol–water partition coefficient (Wildman–Crippen LogP) is 4.10. The quantitative estimate of drug-likeness (QED) is 0.654. The van der Waals surface area contributed by atoms with Crippen LogP contribution in [0.3, 0.4) is 0 Å². The summed E-state index contributed by atoms with van der Waals surface area (Å²) >= 11 is 0. The molecule has 1 heterocycles. The lowest BCUT2D eigenvalue weighted by atomic mass is 9.84. The first-order valence-electron chi connectivity index (χ1n) is 8.89. The van der Waals surface area contributed by atoms with Crippen molar-refractivity contribution < 1.29 is 9.53 Å². The molecule has 0 spiro atoms. The number of rotatable bonds is 7. The van der Waals surface area contributed by atoms with Crippen LogP contribution in [-0.4, -0.2) is 24.0 Å². The molecule has 0 aliphatic rings. The average Bonchev–Trinajstić information content (AvgIpc) is 2.68. The fraction of sp³-hybridized carbons (Fsp3) is 0.273. The SMILES string of the molecule is CC(C)(C(=O)NCCCOc1cccc2cccnc12)c1ccccc1. The highest BCUT2D eigenvalue weighted by molar-refractivity contribution is 5.87. The Kier molecular flexibility index (Phi) is 5.52. The second-order valence-corrected chi connectivity index (χ2v) is 6.78. The van der Waals surface area contributed by atoms with Gasteiger partial charge in [0.2, 0.25) is 5.91 Å². The first kappa shape index (κ1) is 17.9. The molecule has 1 N–H and O–H groups in total. The minimum Gasteiger partial charge on any atom is -0.491 e. The molecule has 0 fully saturated rings. The number of carbonyl (C=O) groups excluding carboxylic acids is 1. The molecule has 0 bridgehead atoms. The lowest BCUT2D eigenvalue weighted by molar-refractivity contribution is -0.125. The van der Waals surface area contributed by atoms with Gasteiger partial charge in [0.1, 0.15) is 11.3 Å². The smallest absolute Gasteiger partial charge is 0.230 e. The maximum Gasteiger partial charge on any atom is 0.230 e. The van der Waals surface area contributed by atoms with Crippen LogP contribution in [0, 0.1) is 0 Å². The van der Waals surface area contributed by atoms with Crippen LogP contribution in [0.1, 0.15) is 25.8 Å². The zero-order chi connectivity index (χ0) is 18.4. The van der Waals surface area contributed by atoms with Gasteiger partial charge in [0.05, 0.1) is 12.0 Å². The molecule has 1 amide bonds. The topological polar surface area (TPSA) is 51.2 Å². The zero-order valence-corrected chi connectivity index (χ0v) is 15.2. The summed E-state index contributed by atoms with van der Waals surface area (Å²) in [5.74, 6) is 0.801. The molecule has 3 rings (SSSR count). The zero-order valence-electron chi connectivity index (χ0n) is 15.2. The first-order chi connectivity index (χ1) is 12.6. The number of ether oxygens (including phenoxy) is 1. The predicted molar refractivity (Wildman–Crippen MR) is 104 cm³/mol. The fourth-order valence-electron chi connectivity index (χ4n) is 2.86. The molecular weight excluding hydrogens is 324 g/mol. The number of hydrogen-bond acceptors (Lipinski definition) is 3. The lowest BCUT2D eigenvalue weighted by Crippen LogP contribution is -2.40. The summed E-state index contributed by atoms with van der Waals surface area (Å²) in [5, 5.41) is 4.07. The van der Waals surface area contributed by atoms with Gasteiger partial charge in [0.15, 0.2) is 0 Å². The molecule has 2 aromatic carbocycles. The molecule has 0 saturated heterocycles. The normalized spacial score (nSPS) is 11.3. The summed E-state index contributed by atoms with van der Waals surface area (Å²) in [7, 11) is 0. The number of benzene rings is 2. The van der Waals surface area contributed by atoms with Crippen LogP contribution >= 0.6 is 0 Å². The number of para-hydroxylation sites is 1. The van der Waals surface area contributed by atoms with Gasteiger partial charge in [-0.25, -0.2) is 0 Å². The van der Waals surface area contributed by atoms with Gasteiger partial charge in [-0.2, -0.15) is 0 Å². The van der Waals surface area contributed by atoms with E-state index in [0.717, 1.165) is 28.6 Å². The van der Waals surface area contributed by atoms with Gasteiger partial charge in [0, 0.05) is 18.1 Å². The maximum atomic E-state index is 12.5. The van der Waals surface area contributed by atoms with E-state index in [1.54, 1.807) is 6.20 Å². The van der Waals surface area contributed by atoms with E-state index in [1.807, 2.05) is 74.5 Å². The lowest BCUT2D eigenvalue weighted by Gasteiger charge is -2.24. The number of nitrogens with one attached hydrogen (secondary N) is 1. The van der Waals surface area contributed by atoms with Gasteiger partial charge >= 0.3 is 0 Å². The van der Waals surface area contributed by atoms with Crippen molar-refractivity contribution in [2.45, 2.75) is 25.7 Å². The van der Waals surface area contributed by atoms with Crippen LogP contribution in [0.5, 0.6) is 5.75 Å². The van der Waals surface area contributed by atoms with Crippen LogP contribution in [-0.2, 0) is 10.2 Å². The van der Waals surface area contributed by atoms with Crippen LogP contribution in [0.15, 0.2) is 66.9 Å². The third-order valence-corrected chi connectivity index (χ3v) is 4.52. The summed E-state index contributed by atoms with van der Waals surface area (Å²) in [5.41, 5.74) is 1.32. The van der Waals surface area contributed by atoms with Crippen molar-refractivity contribution in [1.29, 1.82) is 0 Å². The summed E-state index contributed by atoms with van der Waals surface area (Å²) < 4.78 is 5.86. The Hall–Kier alpha value is -2.88. The van der Waals surface area contributed by atoms with E-state index in [4.69, 9.17) is 4.74 Å². The van der Waals surface area contributed by atoms with Crippen molar-refractivity contribution in [2.75, 3.05) is 13.2 Å². The van der Waals surface area contributed by atoms with Crippen molar-refractivity contribution in [3.05, 3.63) is 72.4 Å². The van der Waals surface area contributed by atoms with E-state index in [9.17, 15) is 4.79 Å². The Balaban J connectivity index is 1.49. The molecule has 0 radical (unpaired) electrons. The Morgan fingerprint density at radius 3 is 2.62 bits per heavy atom. The molecule has 134 valence electrons. The van der Waals surface area contributed by atoms with Crippen molar-refractivity contribution in [3.63, 3.8) is 0 Å². The maximum absolute atomic E-state index is 12.5. The van der Waals surface area contributed by atoms with Gasteiger partial charge in [-0.1, -0.05) is 48.5 Å². The Morgan fingerprint density at radius 1 is 1.04 bits per heavy atom. The van der Waals surface area contributed by atoms with Gasteiger partial charge in [0.25, 0.3) is 0 Å². The Labute approximate surface area is 154 Å². The molecular formula is C22H24N2O2. The van der Waals surface area contributed by atoms with Gasteiger partial charge in [-0.3, -0.25) is 9.78 Å². The van der Waals surface area contributed by atoms with Crippen molar-refractivity contribution >= 4 is 16.8 Å². The van der Waals surface area contributed by atoms with Crippen molar-refractivity contribution in [3.8, 4) is 5.75 Å². The second-order valence-electron chi connectivity index (χ2n) is 6.78. The van der Waals surface area contributed by atoms with Gasteiger partial charge < -0.3 is 10.1 Å². The fourth-order valence-corrected chi connectivity index (χ4v) is 2.86. The highest BCUT2D eigenvalue weighted by Gasteiger charge is 2.28. The molecule has 26 heavy (non-hydrogen) atoms. The van der Waals surface area contributed by atoms with Crippen LogP contribution < -0.4 is 10.1 Å². The molecule has 0 atom stereocenters. The van der Waals surface area contributed by atoms with Crippen LogP contribution in [0.25, 0.3) is 10.9 Å². The van der Waals surface area contributed by atoms with E-state index in [0.29, 0.717) is 13.2 Å². The Morgan fingerprint density at radius 2 is 1.81 bits per heavy atom. The molecule has 1 aromatic heterocycles. The third kappa shape index (κ3) is 4.02. The summed E-state index contributed by atoms with van der Waals surface area (Å²) in [6, 6.07) is 19.7. The molecule has 0 saturated carbocycles. The Bertz CT molecular complexity index is 870. The molecule has 3 aromatic rings. The molecule has 0 aliphatic heterocycles. The van der Waals surface area contributed by atoms with Crippen molar-refractivity contribution in [1.82, 2.24) is 10.3 Å². The van der Waals surface area contributed by atoms with E-state index in [2.05, 4.69) is 10.3 Å². The molecule has 0 aliphatic carbocycles. The standard InChI is InChI=1S/C22H24N2O2/c1-22(2,18-11-4-3-5-12-18)21(25)24-15-8-16-26-19-13-6-9-17-10-7-14-23-20(17)19/h3-7,9-14H,8,15-16H2,1-2H3,(H,24,25). The van der Waals surface area contributed by atoms with E-state index in [1.165, 1.54) is 0 Å². The molecule has 4 heteroatoms. The van der Waals surface area contributed by atoms with E-state index >= 15 is 0 Å². The van der Waals surface area contributed by atoms with Gasteiger partial charge in [-0.05, 0) is 38.0 Å². The van der Waals surface area contributed by atoms with Crippen LogP contribution in [0.4, 0.5) is 0 Å². The second kappa shape index (κ2) is 8.00. The number of fused-ring (bicyclic) bond motifs is 1. The minimum absolute atomic E-state index is 0.0236.